The molecule has 0 atom stereocenters. The van der Waals surface area contributed by atoms with Gasteiger partial charge in [-0.2, -0.15) is 7.11 Å². The van der Waals surface area contributed by atoms with Gasteiger partial charge >= 0.3 is 59.1 Å². The number of rotatable bonds is 8. The first-order valence-corrected chi connectivity index (χ1v) is 8.89. The van der Waals surface area contributed by atoms with E-state index in [4.69, 9.17) is 36.7 Å². The minimum absolute atomic E-state index is 0. The van der Waals surface area contributed by atoms with E-state index in [1.54, 1.807) is 37.6 Å². The van der Waals surface area contributed by atoms with Crippen LogP contribution in [0.15, 0.2) is 29.7 Å². The normalized spacial score (nSPS) is 9.06. The molecule has 15 heteroatoms. The molecular weight excluding hydrogens is 480 g/mol. The predicted molar refractivity (Wildman–Crippen MR) is 117 cm³/mol. The van der Waals surface area contributed by atoms with Crippen LogP contribution in [-0.2, 0) is 36.4 Å². The average molecular weight is 512 g/mol. The van der Waals surface area contributed by atoms with Crippen molar-refractivity contribution in [3.8, 4) is 0 Å². The molecule has 0 amide bonds. The number of carbonyl (C=O) groups excluding carboxylic acids is 1. The first-order valence-electron chi connectivity index (χ1n) is 8.08. The van der Waals surface area contributed by atoms with E-state index in [9.17, 15) is 4.79 Å². The Bertz CT molecular complexity index is 607. The van der Waals surface area contributed by atoms with Crippen molar-refractivity contribution in [3.05, 3.63) is 30.2 Å². The van der Waals surface area contributed by atoms with Gasteiger partial charge in [0, 0.05) is 66.2 Å². The van der Waals surface area contributed by atoms with Gasteiger partial charge in [0.25, 0.3) is 0 Å². The van der Waals surface area contributed by atoms with E-state index >= 15 is 0 Å². The molecule has 1 aromatic rings. The summed E-state index contributed by atoms with van der Waals surface area (Å²) in [6.45, 7) is 0. The summed E-state index contributed by atoms with van der Waals surface area (Å²) in [5, 5.41) is 8.55. The van der Waals surface area contributed by atoms with Gasteiger partial charge < -0.3 is 53.1 Å². The number of carbonyl (C=O) groups is 1. The second-order valence-corrected chi connectivity index (χ2v) is 5.79. The van der Waals surface area contributed by atoms with Gasteiger partial charge in [-0.3, -0.25) is 14.8 Å². The summed E-state index contributed by atoms with van der Waals surface area (Å²) in [6.07, 6.45) is 3.39. The molecule has 0 aliphatic heterocycles. The van der Waals surface area contributed by atoms with Gasteiger partial charge in [0.05, 0.1) is 5.69 Å². The molecule has 1 heterocycles. The van der Waals surface area contributed by atoms with E-state index < -0.39 is 12.6 Å². The molecule has 1 aromatic heterocycles. The Kier molecular flexibility index (Phi) is 38.3. The van der Waals surface area contributed by atoms with Crippen LogP contribution < -0.4 is 75.7 Å². The molecule has 0 fully saturated rings. The molecule has 0 aliphatic rings. The average Bonchev–Trinajstić information content (AvgIpc) is 2.70. The number of thiocarbonyl (C=S) groups is 1. The number of hydrogen-bond acceptors (Lipinski definition) is 11. The van der Waals surface area contributed by atoms with Crippen LogP contribution in [0.2, 0.25) is 0 Å². The van der Waals surface area contributed by atoms with Crippen LogP contribution in [-0.4, -0.2) is 81.7 Å². The Morgan fingerprint density at radius 3 is 1.88 bits per heavy atom. The Labute approximate surface area is 245 Å². The number of hydrogen-bond donors (Lipinski definition) is 2. The van der Waals surface area contributed by atoms with E-state index in [0.717, 1.165) is 7.11 Å². The maximum absolute atomic E-state index is 11.1. The molecule has 0 saturated carbocycles. The number of nitrogens with zero attached hydrogens (tertiary/aromatic N) is 3. The predicted octanol–water partition coefficient (Wildman–Crippen LogP) is -6.90. The largest absolute Gasteiger partial charge is 1.00 e. The van der Waals surface area contributed by atoms with Crippen molar-refractivity contribution in [2.75, 3.05) is 49.6 Å². The maximum atomic E-state index is 11.1. The number of nitrogens with two attached hydrogens (primary N) is 2. The Balaban J connectivity index is -0.000000116. The molecule has 0 aromatic carbocycles. The molecular formula is C17H31N5Na2O6S2. The maximum Gasteiger partial charge on any atom is 1.00 e. The zero-order valence-electron chi connectivity index (χ0n) is 20.2. The van der Waals surface area contributed by atoms with Gasteiger partial charge in [-0.05, 0) is 18.3 Å². The number of methoxy groups -OCH3 is 4. The van der Waals surface area contributed by atoms with Crippen molar-refractivity contribution >= 4 is 35.7 Å². The first kappa shape index (κ1) is 42.2. The first-order chi connectivity index (χ1) is 14.1. The van der Waals surface area contributed by atoms with Crippen LogP contribution in [0.3, 0.4) is 0 Å². The zero-order valence-corrected chi connectivity index (χ0v) is 25.9. The fourth-order valence-corrected chi connectivity index (χ4v) is 1.62. The van der Waals surface area contributed by atoms with Gasteiger partial charge in [0.1, 0.15) is 0 Å². The zero-order chi connectivity index (χ0) is 24.1. The van der Waals surface area contributed by atoms with Crippen molar-refractivity contribution in [2.45, 2.75) is 17.7 Å². The molecule has 0 saturated heterocycles. The number of aromatic nitrogens is 2. The van der Waals surface area contributed by atoms with Gasteiger partial charge in [-0.15, -0.1) is 0 Å². The Hall–Kier alpha value is 0. The van der Waals surface area contributed by atoms with E-state index in [1.165, 1.54) is 20.3 Å². The molecule has 11 nitrogen and oxygen atoms in total. The summed E-state index contributed by atoms with van der Waals surface area (Å²) >= 11 is 8.87. The third kappa shape index (κ3) is 26.3. The minimum Gasteiger partial charge on any atom is -0.857 e. The summed E-state index contributed by atoms with van der Waals surface area (Å²) < 4.78 is 19.5. The summed E-state index contributed by atoms with van der Waals surface area (Å²) in [4.78, 5) is 20.7. The smallest absolute Gasteiger partial charge is 0.857 e. The molecule has 174 valence electrons. The quantitative estimate of drug-likeness (QED) is 0.0848. The second kappa shape index (κ2) is 29.0. The Morgan fingerprint density at radius 2 is 1.56 bits per heavy atom. The molecule has 1 rings (SSSR count). The number of ketones is 1. The van der Waals surface area contributed by atoms with Crippen molar-refractivity contribution in [3.63, 3.8) is 0 Å². The van der Waals surface area contributed by atoms with Crippen LogP contribution >= 0.6 is 12.2 Å². The fourth-order valence-electron chi connectivity index (χ4n) is 1.45. The molecule has 32 heavy (non-hydrogen) atoms. The van der Waals surface area contributed by atoms with Gasteiger partial charge in [0.15, 0.2) is 5.11 Å². The Morgan fingerprint density at radius 1 is 1.12 bits per heavy atom. The monoisotopic (exact) mass is 511 g/mol. The summed E-state index contributed by atoms with van der Waals surface area (Å²) in [5.74, 6) is -0.200. The SMILES string of the molecule is COC(OC)C(=O)/C=C/N(C)C.COC(OC)c1ccnc([S-])n1.C[O-].NC(N)=S.[Na+].[Na+]. The fraction of sp³-hybridized carbons (Fsp3) is 0.529. The van der Waals surface area contributed by atoms with Crippen LogP contribution in [0.1, 0.15) is 12.0 Å². The standard InChI is InChI=1S/C8H15NO3.C7H10N2O2S.CH4N2S.CH3O.2Na/c1-9(2)6-5-7(10)8(11-3)12-4;1-10-6(11-2)5-3-4-8-7(12)9-5;2-1(3)4;1-2;;/h5-6,8H,1-4H3;3-4,6H,1-2H3,(H,8,9,12);(H4,2,3,4);1H3;;/q;;;-1;2*+1/p-1/b6-5+;;;;;. The van der Waals surface area contributed by atoms with Crippen molar-refractivity contribution < 1.29 is 88.0 Å². The molecule has 0 aliphatic carbocycles. The summed E-state index contributed by atoms with van der Waals surface area (Å²) in [7, 11) is 10.3. The van der Waals surface area contributed by atoms with Gasteiger partial charge in [0.2, 0.25) is 18.4 Å². The third-order valence-corrected chi connectivity index (χ3v) is 2.72. The van der Waals surface area contributed by atoms with Gasteiger partial charge in [-0.1, -0.05) is 0 Å². The van der Waals surface area contributed by atoms with Gasteiger partial charge in [-0.25, -0.2) is 0 Å². The van der Waals surface area contributed by atoms with Crippen LogP contribution in [0.25, 0.3) is 0 Å². The molecule has 0 radical (unpaired) electrons. The van der Waals surface area contributed by atoms with Crippen molar-refractivity contribution in [1.82, 2.24) is 14.9 Å². The molecule has 4 N–H and O–H groups in total. The molecule has 0 spiro atoms. The minimum atomic E-state index is -0.791. The second-order valence-electron chi connectivity index (χ2n) is 4.95. The summed E-state index contributed by atoms with van der Waals surface area (Å²) in [5.41, 5.74) is 9.88. The van der Waals surface area contributed by atoms with Crippen LogP contribution in [0, 0.1) is 0 Å². The van der Waals surface area contributed by atoms with Crippen molar-refractivity contribution in [2.24, 2.45) is 11.5 Å². The van der Waals surface area contributed by atoms with E-state index in [2.05, 4.69) is 33.7 Å². The van der Waals surface area contributed by atoms with Crippen molar-refractivity contribution in [1.29, 1.82) is 0 Å². The molecule has 0 bridgehead atoms. The third-order valence-electron chi connectivity index (χ3n) is 2.52. The summed E-state index contributed by atoms with van der Waals surface area (Å²) in [6, 6.07) is 1.70. The number of ether oxygens (including phenoxy) is 4. The molecule has 0 unspecified atom stereocenters. The van der Waals surface area contributed by atoms with E-state index in [0.29, 0.717) is 10.9 Å². The van der Waals surface area contributed by atoms with Crippen LogP contribution in [0.5, 0.6) is 0 Å². The van der Waals surface area contributed by atoms with E-state index in [1.807, 2.05) is 14.1 Å². The topological polar surface area (TPSA) is 158 Å². The van der Waals surface area contributed by atoms with E-state index in [-0.39, 0.29) is 70.0 Å². The van der Waals surface area contributed by atoms with Crippen LogP contribution in [0.4, 0.5) is 0 Å².